The van der Waals surface area contributed by atoms with Crippen molar-refractivity contribution >= 4 is 11.9 Å². The SMILES string of the molecule is CC(C)CC(NC(=O)CCc1ccncc1)C(=O)O. The Morgan fingerprint density at radius 3 is 2.47 bits per heavy atom. The van der Waals surface area contributed by atoms with Crippen molar-refractivity contribution in [2.24, 2.45) is 5.92 Å². The van der Waals surface area contributed by atoms with Gasteiger partial charge in [0.25, 0.3) is 0 Å². The number of aromatic nitrogens is 1. The van der Waals surface area contributed by atoms with Gasteiger partial charge in [0.2, 0.25) is 5.91 Å². The summed E-state index contributed by atoms with van der Waals surface area (Å²) in [5.41, 5.74) is 1.01. The summed E-state index contributed by atoms with van der Waals surface area (Å²) in [4.78, 5) is 26.6. The molecule has 0 saturated heterocycles. The molecule has 5 heteroatoms. The molecule has 0 saturated carbocycles. The van der Waals surface area contributed by atoms with Crippen molar-refractivity contribution in [2.75, 3.05) is 0 Å². The van der Waals surface area contributed by atoms with Gasteiger partial charge in [0, 0.05) is 18.8 Å². The zero-order valence-corrected chi connectivity index (χ0v) is 11.3. The van der Waals surface area contributed by atoms with Crippen molar-refractivity contribution in [3.8, 4) is 0 Å². The number of hydrogen-bond acceptors (Lipinski definition) is 3. The number of amides is 1. The maximum absolute atomic E-state index is 11.7. The van der Waals surface area contributed by atoms with Gasteiger partial charge in [-0.25, -0.2) is 4.79 Å². The molecule has 0 bridgehead atoms. The molecular weight excluding hydrogens is 244 g/mol. The summed E-state index contributed by atoms with van der Waals surface area (Å²) < 4.78 is 0. The molecule has 1 rings (SSSR count). The number of nitrogens with one attached hydrogen (secondary N) is 1. The van der Waals surface area contributed by atoms with Gasteiger partial charge in [-0.3, -0.25) is 9.78 Å². The molecule has 0 radical (unpaired) electrons. The first-order valence-corrected chi connectivity index (χ1v) is 6.40. The number of pyridine rings is 1. The number of aliphatic carboxylic acids is 1. The first-order chi connectivity index (χ1) is 8.99. The average Bonchev–Trinajstić information content (AvgIpc) is 2.36. The molecule has 1 unspecified atom stereocenters. The summed E-state index contributed by atoms with van der Waals surface area (Å²) in [5, 5.41) is 11.6. The van der Waals surface area contributed by atoms with Gasteiger partial charge in [0.05, 0.1) is 0 Å². The first kappa shape index (κ1) is 15.1. The predicted octanol–water partition coefficient (Wildman–Crippen LogP) is 1.63. The lowest BCUT2D eigenvalue weighted by molar-refractivity contribution is -0.142. The monoisotopic (exact) mass is 264 g/mol. The number of aryl methyl sites for hydroxylation is 1. The normalized spacial score (nSPS) is 12.2. The summed E-state index contributed by atoms with van der Waals surface area (Å²) in [6, 6.07) is 2.89. The lowest BCUT2D eigenvalue weighted by atomic mass is 10.0. The zero-order chi connectivity index (χ0) is 14.3. The van der Waals surface area contributed by atoms with E-state index in [1.807, 2.05) is 26.0 Å². The molecule has 0 aliphatic rings. The number of hydrogen-bond donors (Lipinski definition) is 2. The van der Waals surface area contributed by atoms with Crippen LogP contribution in [0.15, 0.2) is 24.5 Å². The van der Waals surface area contributed by atoms with Crippen LogP contribution in [0, 0.1) is 5.92 Å². The fraction of sp³-hybridized carbons (Fsp3) is 0.500. The standard InChI is InChI=1S/C14H20N2O3/c1-10(2)9-12(14(18)19)16-13(17)4-3-11-5-7-15-8-6-11/h5-8,10,12H,3-4,9H2,1-2H3,(H,16,17)(H,18,19). The fourth-order valence-electron chi connectivity index (χ4n) is 1.77. The van der Waals surface area contributed by atoms with Crippen molar-refractivity contribution in [3.05, 3.63) is 30.1 Å². The second-order valence-electron chi connectivity index (χ2n) is 4.94. The van der Waals surface area contributed by atoms with Gasteiger partial charge in [-0.15, -0.1) is 0 Å². The zero-order valence-electron chi connectivity index (χ0n) is 11.3. The number of carboxylic acid groups (broad SMARTS) is 1. The van der Waals surface area contributed by atoms with Crippen molar-refractivity contribution in [3.63, 3.8) is 0 Å². The fourth-order valence-corrected chi connectivity index (χ4v) is 1.77. The Morgan fingerprint density at radius 1 is 1.32 bits per heavy atom. The molecule has 1 heterocycles. The number of nitrogens with zero attached hydrogens (tertiary/aromatic N) is 1. The van der Waals surface area contributed by atoms with Crippen molar-refractivity contribution in [1.82, 2.24) is 10.3 Å². The van der Waals surface area contributed by atoms with E-state index < -0.39 is 12.0 Å². The van der Waals surface area contributed by atoms with Gasteiger partial charge in [-0.1, -0.05) is 13.8 Å². The minimum Gasteiger partial charge on any atom is -0.480 e. The summed E-state index contributed by atoms with van der Waals surface area (Å²) in [5.74, 6) is -0.988. The van der Waals surface area contributed by atoms with Crippen LogP contribution in [-0.2, 0) is 16.0 Å². The van der Waals surface area contributed by atoms with Gasteiger partial charge in [0.15, 0.2) is 0 Å². The highest BCUT2D eigenvalue weighted by Gasteiger charge is 2.20. The van der Waals surface area contributed by atoms with Crippen molar-refractivity contribution in [1.29, 1.82) is 0 Å². The molecule has 0 aliphatic carbocycles. The van der Waals surface area contributed by atoms with Crippen molar-refractivity contribution in [2.45, 2.75) is 39.2 Å². The summed E-state index contributed by atoms with van der Waals surface area (Å²) >= 11 is 0. The Bertz CT molecular complexity index is 418. The molecule has 1 aromatic rings. The van der Waals surface area contributed by atoms with Crippen LogP contribution >= 0.6 is 0 Å². The van der Waals surface area contributed by atoms with Crippen LogP contribution in [0.1, 0.15) is 32.3 Å². The largest absolute Gasteiger partial charge is 0.480 e. The van der Waals surface area contributed by atoms with E-state index in [1.54, 1.807) is 12.4 Å². The van der Waals surface area contributed by atoms with Gasteiger partial charge in [-0.2, -0.15) is 0 Å². The van der Waals surface area contributed by atoms with Gasteiger partial charge in [0.1, 0.15) is 6.04 Å². The predicted molar refractivity (Wildman–Crippen MR) is 71.6 cm³/mol. The van der Waals surface area contributed by atoms with Crippen LogP contribution in [0.2, 0.25) is 0 Å². The topological polar surface area (TPSA) is 79.3 Å². The first-order valence-electron chi connectivity index (χ1n) is 6.40. The summed E-state index contributed by atoms with van der Waals surface area (Å²) in [7, 11) is 0. The Morgan fingerprint density at radius 2 is 1.95 bits per heavy atom. The maximum atomic E-state index is 11.7. The van der Waals surface area contributed by atoms with E-state index >= 15 is 0 Å². The molecule has 2 N–H and O–H groups in total. The van der Waals surface area contributed by atoms with E-state index in [9.17, 15) is 9.59 Å². The van der Waals surface area contributed by atoms with E-state index in [-0.39, 0.29) is 18.2 Å². The lowest BCUT2D eigenvalue weighted by Crippen LogP contribution is -2.41. The number of carboxylic acids is 1. The molecule has 1 atom stereocenters. The Kier molecular flexibility index (Phi) is 5.99. The van der Waals surface area contributed by atoms with Gasteiger partial charge in [-0.05, 0) is 36.5 Å². The maximum Gasteiger partial charge on any atom is 0.326 e. The Labute approximate surface area is 113 Å². The van der Waals surface area contributed by atoms with E-state index in [0.29, 0.717) is 12.8 Å². The molecule has 5 nitrogen and oxygen atoms in total. The second kappa shape index (κ2) is 7.51. The minimum atomic E-state index is -0.981. The number of carbonyl (C=O) groups excluding carboxylic acids is 1. The second-order valence-corrected chi connectivity index (χ2v) is 4.94. The molecule has 0 fully saturated rings. The molecule has 0 aliphatic heterocycles. The summed E-state index contributed by atoms with van der Waals surface area (Å²) in [6.07, 6.45) is 4.66. The quantitative estimate of drug-likeness (QED) is 0.784. The summed E-state index contributed by atoms with van der Waals surface area (Å²) in [6.45, 7) is 3.86. The Hall–Kier alpha value is -1.91. The van der Waals surface area contributed by atoms with Crippen LogP contribution < -0.4 is 5.32 Å². The number of rotatable bonds is 7. The third kappa shape index (κ3) is 5.99. The van der Waals surface area contributed by atoms with Crippen LogP contribution in [-0.4, -0.2) is 28.0 Å². The molecule has 0 aromatic carbocycles. The molecule has 0 spiro atoms. The van der Waals surface area contributed by atoms with Crippen LogP contribution in [0.25, 0.3) is 0 Å². The third-order valence-corrected chi connectivity index (χ3v) is 2.73. The van der Waals surface area contributed by atoms with Crippen LogP contribution in [0.4, 0.5) is 0 Å². The van der Waals surface area contributed by atoms with E-state index in [4.69, 9.17) is 5.11 Å². The van der Waals surface area contributed by atoms with Crippen LogP contribution in [0.3, 0.4) is 0 Å². The highest BCUT2D eigenvalue weighted by molar-refractivity contribution is 5.83. The Balaban J connectivity index is 2.42. The van der Waals surface area contributed by atoms with Gasteiger partial charge < -0.3 is 10.4 Å². The highest BCUT2D eigenvalue weighted by atomic mass is 16.4. The smallest absolute Gasteiger partial charge is 0.326 e. The molecule has 19 heavy (non-hydrogen) atoms. The average molecular weight is 264 g/mol. The minimum absolute atomic E-state index is 0.224. The molecule has 1 aromatic heterocycles. The van der Waals surface area contributed by atoms with E-state index in [2.05, 4.69) is 10.3 Å². The van der Waals surface area contributed by atoms with Crippen LogP contribution in [0.5, 0.6) is 0 Å². The highest BCUT2D eigenvalue weighted by Crippen LogP contribution is 2.06. The van der Waals surface area contributed by atoms with Gasteiger partial charge >= 0.3 is 5.97 Å². The van der Waals surface area contributed by atoms with Crippen molar-refractivity contribution < 1.29 is 14.7 Å². The molecule has 104 valence electrons. The third-order valence-electron chi connectivity index (χ3n) is 2.73. The van der Waals surface area contributed by atoms with E-state index in [0.717, 1.165) is 5.56 Å². The molecule has 1 amide bonds. The lowest BCUT2D eigenvalue weighted by Gasteiger charge is -2.16. The molecular formula is C14H20N2O3. The van der Waals surface area contributed by atoms with E-state index in [1.165, 1.54) is 0 Å². The number of carbonyl (C=O) groups is 2.